The molecule has 0 aliphatic heterocycles. The summed E-state index contributed by atoms with van der Waals surface area (Å²) in [6.07, 6.45) is 0. The van der Waals surface area contributed by atoms with Crippen molar-refractivity contribution in [2.75, 3.05) is 0 Å². The summed E-state index contributed by atoms with van der Waals surface area (Å²) in [5, 5.41) is 3.00. The fraction of sp³-hybridized carbons (Fsp3) is 0.103. The van der Waals surface area contributed by atoms with Crippen molar-refractivity contribution < 1.29 is 9.59 Å². The predicted molar refractivity (Wildman–Crippen MR) is 131 cm³/mol. The molecule has 4 rings (SSSR count). The lowest BCUT2D eigenvalue weighted by atomic mass is 9.83. The van der Waals surface area contributed by atoms with E-state index in [1.165, 1.54) is 0 Å². The molecule has 0 aliphatic rings. The van der Waals surface area contributed by atoms with Crippen LogP contribution >= 0.6 is 0 Å². The van der Waals surface area contributed by atoms with Gasteiger partial charge in [0, 0.05) is 5.92 Å². The summed E-state index contributed by atoms with van der Waals surface area (Å²) in [6, 6.07) is 37.5. The van der Waals surface area contributed by atoms with Crippen LogP contribution in [0.25, 0.3) is 0 Å². The van der Waals surface area contributed by atoms with Gasteiger partial charge >= 0.3 is 0 Å². The molecular weight excluding hydrogens is 408 g/mol. The zero-order valence-electron chi connectivity index (χ0n) is 18.2. The number of hydrogen-bond donors (Lipinski definition) is 2. The first-order valence-corrected chi connectivity index (χ1v) is 10.9. The molecular formula is C29H26N2O2. The third-order valence-electron chi connectivity index (χ3n) is 5.78. The SMILES string of the molecule is NC(=O)[C@@H](NC(=O)C(c1ccccc1)c1ccccc1)C(c1ccccc1)c1ccccc1. The van der Waals surface area contributed by atoms with Crippen LogP contribution in [0, 0.1) is 0 Å². The molecule has 0 aliphatic carbocycles. The van der Waals surface area contributed by atoms with Crippen LogP contribution in [0.4, 0.5) is 0 Å². The molecule has 0 aromatic heterocycles. The number of benzene rings is 4. The number of nitrogens with one attached hydrogen (secondary N) is 1. The van der Waals surface area contributed by atoms with E-state index >= 15 is 0 Å². The molecule has 2 amide bonds. The fourth-order valence-corrected chi connectivity index (χ4v) is 4.24. The molecule has 0 unspecified atom stereocenters. The van der Waals surface area contributed by atoms with Gasteiger partial charge in [-0.1, -0.05) is 121 Å². The zero-order chi connectivity index (χ0) is 23.0. The van der Waals surface area contributed by atoms with E-state index in [1.54, 1.807) is 0 Å². The molecule has 33 heavy (non-hydrogen) atoms. The number of rotatable bonds is 8. The standard InChI is InChI=1S/C29H26N2O2/c30-28(32)27(25(21-13-5-1-6-14-21)22-15-7-2-8-16-22)31-29(33)26(23-17-9-3-10-18-23)24-19-11-4-12-20-24/h1-20,25-27H,(H2,30,32)(H,31,33)/t27-/m0/s1. The van der Waals surface area contributed by atoms with Crippen molar-refractivity contribution in [2.24, 2.45) is 5.73 Å². The molecule has 0 spiro atoms. The van der Waals surface area contributed by atoms with E-state index in [1.807, 2.05) is 121 Å². The van der Waals surface area contributed by atoms with Gasteiger partial charge in [-0.05, 0) is 22.3 Å². The molecule has 4 aromatic carbocycles. The number of amides is 2. The molecule has 0 saturated carbocycles. The number of nitrogens with two attached hydrogens (primary N) is 1. The molecule has 164 valence electrons. The maximum atomic E-state index is 13.7. The summed E-state index contributed by atoms with van der Waals surface area (Å²) in [6.45, 7) is 0. The maximum absolute atomic E-state index is 13.7. The normalized spacial score (nSPS) is 11.8. The van der Waals surface area contributed by atoms with Gasteiger partial charge in [0.05, 0.1) is 5.92 Å². The Kier molecular flexibility index (Phi) is 6.96. The highest BCUT2D eigenvalue weighted by molar-refractivity contribution is 5.92. The van der Waals surface area contributed by atoms with Crippen molar-refractivity contribution in [3.8, 4) is 0 Å². The first-order chi connectivity index (χ1) is 16.1. The molecule has 0 heterocycles. The summed E-state index contributed by atoms with van der Waals surface area (Å²) >= 11 is 0. The summed E-state index contributed by atoms with van der Waals surface area (Å²) in [5.41, 5.74) is 9.39. The number of carbonyl (C=O) groups is 2. The lowest BCUT2D eigenvalue weighted by Crippen LogP contribution is -2.50. The quantitative estimate of drug-likeness (QED) is 0.425. The Morgan fingerprint density at radius 3 is 1.21 bits per heavy atom. The van der Waals surface area contributed by atoms with Crippen molar-refractivity contribution >= 4 is 11.8 Å². The average molecular weight is 435 g/mol. The monoisotopic (exact) mass is 434 g/mol. The molecule has 0 bridgehead atoms. The van der Waals surface area contributed by atoms with Gasteiger partial charge in [0.15, 0.2) is 0 Å². The van der Waals surface area contributed by atoms with Crippen molar-refractivity contribution in [3.05, 3.63) is 144 Å². The van der Waals surface area contributed by atoms with Gasteiger partial charge in [0.2, 0.25) is 11.8 Å². The van der Waals surface area contributed by atoms with E-state index in [0.717, 1.165) is 22.3 Å². The van der Waals surface area contributed by atoms with Crippen molar-refractivity contribution in [3.63, 3.8) is 0 Å². The Bertz CT molecular complexity index is 1100. The van der Waals surface area contributed by atoms with E-state index in [4.69, 9.17) is 5.73 Å². The Morgan fingerprint density at radius 2 is 0.879 bits per heavy atom. The molecule has 4 heteroatoms. The first kappa shape index (κ1) is 22.0. The smallest absolute Gasteiger partial charge is 0.240 e. The maximum Gasteiger partial charge on any atom is 0.240 e. The highest BCUT2D eigenvalue weighted by Crippen LogP contribution is 2.30. The van der Waals surface area contributed by atoms with E-state index in [-0.39, 0.29) is 5.91 Å². The summed E-state index contributed by atoms with van der Waals surface area (Å²) in [4.78, 5) is 26.4. The van der Waals surface area contributed by atoms with Gasteiger partial charge in [-0.3, -0.25) is 9.59 Å². The molecule has 4 nitrogen and oxygen atoms in total. The van der Waals surface area contributed by atoms with Crippen LogP contribution in [0.3, 0.4) is 0 Å². The second-order valence-corrected chi connectivity index (χ2v) is 7.94. The fourth-order valence-electron chi connectivity index (χ4n) is 4.24. The predicted octanol–water partition coefficient (Wildman–Crippen LogP) is 4.62. The van der Waals surface area contributed by atoms with Crippen LogP contribution in [0.15, 0.2) is 121 Å². The Balaban J connectivity index is 1.74. The largest absolute Gasteiger partial charge is 0.368 e. The van der Waals surface area contributed by atoms with E-state index in [9.17, 15) is 9.59 Å². The van der Waals surface area contributed by atoms with E-state index < -0.39 is 23.8 Å². The van der Waals surface area contributed by atoms with Gasteiger partial charge in [-0.25, -0.2) is 0 Å². The second kappa shape index (κ2) is 10.4. The van der Waals surface area contributed by atoms with E-state index in [2.05, 4.69) is 5.32 Å². The lowest BCUT2D eigenvalue weighted by molar-refractivity contribution is -0.128. The van der Waals surface area contributed by atoms with E-state index in [0.29, 0.717) is 0 Å². The topological polar surface area (TPSA) is 72.2 Å². The van der Waals surface area contributed by atoms with Gasteiger partial charge in [-0.15, -0.1) is 0 Å². The third kappa shape index (κ3) is 5.18. The molecule has 0 fully saturated rings. The minimum Gasteiger partial charge on any atom is -0.368 e. The zero-order valence-corrected chi connectivity index (χ0v) is 18.2. The van der Waals surface area contributed by atoms with Crippen LogP contribution in [-0.4, -0.2) is 17.9 Å². The summed E-state index contributed by atoms with van der Waals surface area (Å²) in [5.74, 6) is -1.84. The van der Waals surface area contributed by atoms with Gasteiger partial charge in [0.25, 0.3) is 0 Å². The van der Waals surface area contributed by atoms with Gasteiger partial charge in [0.1, 0.15) is 6.04 Å². The van der Waals surface area contributed by atoms with Gasteiger partial charge in [-0.2, -0.15) is 0 Å². The van der Waals surface area contributed by atoms with Crippen LogP contribution in [0.2, 0.25) is 0 Å². The Hall–Kier alpha value is -4.18. The molecule has 4 aromatic rings. The minimum atomic E-state index is -0.919. The van der Waals surface area contributed by atoms with Crippen molar-refractivity contribution in [2.45, 2.75) is 17.9 Å². The van der Waals surface area contributed by atoms with Crippen LogP contribution in [0.5, 0.6) is 0 Å². The third-order valence-corrected chi connectivity index (χ3v) is 5.78. The van der Waals surface area contributed by atoms with Crippen LogP contribution in [0.1, 0.15) is 34.1 Å². The first-order valence-electron chi connectivity index (χ1n) is 10.9. The van der Waals surface area contributed by atoms with Crippen molar-refractivity contribution in [1.82, 2.24) is 5.32 Å². The van der Waals surface area contributed by atoms with Crippen molar-refractivity contribution in [1.29, 1.82) is 0 Å². The van der Waals surface area contributed by atoms with Gasteiger partial charge < -0.3 is 11.1 Å². The summed E-state index contributed by atoms with van der Waals surface area (Å²) in [7, 11) is 0. The lowest BCUT2D eigenvalue weighted by Gasteiger charge is -2.28. The number of carbonyl (C=O) groups excluding carboxylic acids is 2. The molecule has 0 radical (unpaired) electrons. The number of primary amides is 1. The molecule has 0 saturated heterocycles. The number of hydrogen-bond acceptors (Lipinski definition) is 2. The Morgan fingerprint density at radius 1 is 0.545 bits per heavy atom. The highest BCUT2D eigenvalue weighted by Gasteiger charge is 2.33. The summed E-state index contributed by atoms with van der Waals surface area (Å²) < 4.78 is 0. The Labute approximate surface area is 194 Å². The van der Waals surface area contributed by atoms with Crippen LogP contribution < -0.4 is 11.1 Å². The second-order valence-electron chi connectivity index (χ2n) is 7.94. The molecule has 1 atom stereocenters. The molecule has 3 N–H and O–H groups in total. The van der Waals surface area contributed by atoms with Crippen LogP contribution in [-0.2, 0) is 9.59 Å². The average Bonchev–Trinajstić information content (AvgIpc) is 2.86. The highest BCUT2D eigenvalue weighted by atomic mass is 16.2. The minimum absolute atomic E-state index is 0.270.